The number of nitro groups is 1. The number of sulfonamides is 1. The van der Waals surface area contributed by atoms with E-state index in [4.69, 9.17) is 0 Å². The van der Waals surface area contributed by atoms with Crippen LogP contribution < -0.4 is 4.72 Å². The van der Waals surface area contributed by atoms with E-state index >= 15 is 0 Å². The molecule has 22 heavy (non-hydrogen) atoms. The molecule has 2 N–H and O–H groups in total. The summed E-state index contributed by atoms with van der Waals surface area (Å²) in [4.78, 5) is 13.1. The number of benzene rings is 1. The smallest absolute Gasteiger partial charge is 0.262 e. The van der Waals surface area contributed by atoms with Crippen molar-refractivity contribution in [2.75, 3.05) is 0 Å². The van der Waals surface area contributed by atoms with E-state index in [-0.39, 0.29) is 5.82 Å². The van der Waals surface area contributed by atoms with Crippen LogP contribution in [0.2, 0.25) is 0 Å². The predicted octanol–water partition coefficient (Wildman–Crippen LogP) is 1.07. The molecular weight excluding hydrogens is 317 g/mol. The van der Waals surface area contributed by atoms with E-state index in [9.17, 15) is 22.9 Å². The zero-order valence-corrected chi connectivity index (χ0v) is 12.4. The Kier molecular flexibility index (Phi) is 3.94. The molecule has 0 saturated carbocycles. The SMILES string of the molecule is CC(C)(NS(=O)(=O)c1cc(F)cc([N+](=O)[O-])c1)c1ncn[nH]1. The summed E-state index contributed by atoms with van der Waals surface area (Å²) in [6.07, 6.45) is 1.21. The molecule has 0 amide bonds. The van der Waals surface area contributed by atoms with Crippen LogP contribution in [0.4, 0.5) is 10.1 Å². The average Bonchev–Trinajstić information content (AvgIpc) is 2.91. The summed E-state index contributed by atoms with van der Waals surface area (Å²) in [7, 11) is -4.20. The Bertz CT molecular complexity index is 804. The monoisotopic (exact) mass is 329 g/mol. The molecule has 0 aliphatic heterocycles. The van der Waals surface area contributed by atoms with Gasteiger partial charge in [0.05, 0.1) is 21.4 Å². The van der Waals surface area contributed by atoms with Gasteiger partial charge in [0.15, 0.2) is 0 Å². The molecule has 0 aliphatic carbocycles. The van der Waals surface area contributed by atoms with E-state index in [1.165, 1.54) is 20.2 Å². The summed E-state index contributed by atoms with van der Waals surface area (Å²) in [5, 5.41) is 16.8. The van der Waals surface area contributed by atoms with Crippen LogP contribution in [0.25, 0.3) is 0 Å². The maximum atomic E-state index is 13.4. The Morgan fingerprint density at radius 3 is 2.59 bits per heavy atom. The minimum absolute atomic E-state index is 0.238. The quantitative estimate of drug-likeness (QED) is 0.623. The highest BCUT2D eigenvalue weighted by Gasteiger charge is 2.31. The van der Waals surface area contributed by atoms with Gasteiger partial charge in [0.2, 0.25) is 10.0 Å². The summed E-state index contributed by atoms with van der Waals surface area (Å²) in [6.45, 7) is 3.03. The Balaban J connectivity index is 2.41. The molecule has 1 aromatic heterocycles. The van der Waals surface area contributed by atoms with Gasteiger partial charge in [-0.2, -0.15) is 9.82 Å². The van der Waals surface area contributed by atoms with Crippen molar-refractivity contribution in [1.82, 2.24) is 19.9 Å². The second kappa shape index (κ2) is 5.42. The van der Waals surface area contributed by atoms with Crippen molar-refractivity contribution in [2.45, 2.75) is 24.3 Å². The first-order valence-corrected chi connectivity index (χ1v) is 7.45. The van der Waals surface area contributed by atoms with Gasteiger partial charge in [-0.15, -0.1) is 0 Å². The Hall–Kier alpha value is -2.40. The lowest BCUT2D eigenvalue weighted by Gasteiger charge is -2.23. The van der Waals surface area contributed by atoms with Crippen molar-refractivity contribution < 1.29 is 17.7 Å². The molecule has 2 rings (SSSR count). The second-order valence-corrected chi connectivity index (χ2v) is 6.65. The lowest BCUT2D eigenvalue weighted by Crippen LogP contribution is -2.41. The number of nitrogens with zero attached hydrogens (tertiary/aromatic N) is 3. The van der Waals surface area contributed by atoms with E-state index in [0.717, 1.165) is 6.07 Å². The molecule has 0 spiro atoms. The van der Waals surface area contributed by atoms with Gasteiger partial charge in [-0.3, -0.25) is 15.2 Å². The molecule has 0 atom stereocenters. The molecule has 0 radical (unpaired) electrons. The number of hydrogen-bond donors (Lipinski definition) is 2. The van der Waals surface area contributed by atoms with E-state index in [1.54, 1.807) is 0 Å². The Morgan fingerprint density at radius 2 is 2.05 bits per heavy atom. The zero-order chi connectivity index (χ0) is 16.5. The molecule has 2 aromatic rings. The maximum Gasteiger partial charge on any atom is 0.273 e. The van der Waals surface area contributed by atoms with E-state index < -0.39 is 36.9 Å². The number of non-ortho nitro benzene ring substituents is 1. The van der Waals surface area contributed by atoms with E-state index in [0.29, 0.717) is 12.1 Å². The molecule has 11 heteroatoms. The third-order valence-electron chi connectivity index (χ3n) is 2.77. The number of nitrogens with one attached hydrogen (secondary N) is 2. The maximum absolute atomic E-state index is 13.4. The van der Waals surface area contributed by atoms with Gasteiger partial charge in [0.25, 0.3) is 5.69 Å². The van der Waals surface area contributed by atoms with Crippen molar-refractivity contribution in [3.05, 3.63) is 46.3 Å². The van der Waals surface area contributed by atoms with E-state index in [1.807, 2.05) is 0 Å². The molecular formula is C11H12FN5O4S. The molecule has 0 aliphatic rings. The highest BCUT2D eigenvalue weighted by molar-refractivity contribution is 7.89. The van der Waals surface area contributed by atoms with Crippen molar-refractivity contribution >= 4 is 15.7 Å². The second-order valence-electron chi connectivity index (χ2n) is 4.97. The largest absolute Gasteiger partial charge is 0.273 e. The Labute approximate surface area is 124 Å². The normalized spacial score (nSPS) is 12.3. The van der Waals surface area contributed by atoms with Crippen LogP contribution in [0.15, 0.2) is 29.4 Å². The molecule has 9 nitrogen and oxygen atoms in total. The summed E-state index contributed by atoms with van der Waals surface area (Å²) >= 11 is 0. The van der Waals surface area contributed by atoms with Crippen LogP contribution in [0, 0.1) is 15.9 Å². The first-order valence-electron chi connectivity index (χ1n) is 5.96. The third-order valence-corrected chi connectivity index (χ3v) is 4.41. The van der Waals surface area contributed by atoms with Crippen molar-refractivity contribution in [2.24, 2.45) is 0 Å². The fourth-order valence-corrected chi connectivity index (χ4v) is 3.19. The van der Waals surface area contributed by atoms with Crippen LogP contribution in [-0.2, 0) is 15.6 Å². The molecule has 1 heterocycles. The van der Waals surface area contributed by atoms with Gasteiger partial charge in [-0.1, -0.05) is 0 Å². The molecule has 118 valence electrons. The van der Waals surface area contributed by atoms with Crippen LogP contribution in [0.5, 0.6) is 0 Å². The number of halogens is 1. The van der Waals surface area contributed by atoms with Crippen molar-refractivity contribution in [1.29, 1.82) is 0 Å². The summed E-state index contributed by atoms with van der Waals surface area (Å²) < 4.78 is 40.3. The molecule has 0 saturated heterocycles. The zero-order valence-electron chi connectivity index (χ0n) is 11.6. The van der Waals surface area contributed by atoms with Crippen LogP contribution in [0.3, 0.4) is 0 Å². The fraction of sp³-hybridized carbons (Fsp3) is 0.273. The number of H-pyrrole nitrogens is 1. The minimum atomic E-state index is -4.20. The van der Waals surface area contributed by atoms with Crippen LogP contribution in [-0.4, -0.2) is 28.5 Å². The fourth-order valence-electron chi connectivity index (χ4n) is 1.76. The number of nitro benzene ring substituents is 1. The molecule has 0 fully saturated rings. The Morgan fingerprint density at radius 1 is 1.36 bits per heavy atom. The van der Waals surface area contributed by atoms with Crippen molar-refractivity contribution in [3.63, 3.8) is 0 Å². The van der Waals surface area contributed by atoms with Gasteiger partial charge >= 0.3 is 0 Å². The highest BCUT2D eigenvalue weighted by atomic mass is 32.2. The summed E-state index contributed by atoms with van der Waals surface area (Å²) in [5.74, 6) is -0.783. The summed E-state index contributed by atoms with van der Waals surface area (Å²) in [6, 6.07) is 2.12. The lowest BCUT2D eigenvalue weighted by molar-refractivity contribution is -0.385. The lowest BCUT2D eigenvalue weighted by atomic mass is 10.1. The van der Waals surface area contributed by atoms with Crippen LogP contribution >= 0.6 is 0 Å². The average molecular weight is 329 g/mol. The number of aromatic nitrogens is 3. The molecule has 0 unspecified atom stereocenters. The first kappa shape index (κ1) is 16.0. The third kappa shape index (κ3) is 3.26. The standard InChI is InChI=1S/C11H12FN5O4S/c1-11(2,10-13-6-14-15-10)16-22(20,21)9-4-7(12)3-8(5-9)17(18)19/h3-6,16H,1-2H3,(H,13,14,15). The number of rotatable bonds is 5. The van der Waals surface area contributed by atoms with Crippen molar-refractivity contribution in [3.8, 4) is 0 Å². The summed E-state index contributed by atoms with van der Waals surface area (Å²) in [5.41, 5.74) is -1.82. The van der Waals surface area contributed by atoms with Gasteiger partial charge in [0, 0.05) is 6.07 Å². The number of hydrogen-bond acceptors (Lipinski definition) is 6. The van der Waals surface area contributed by atoms with Gasteiger partial charge in [0.1, 0.15) is 18.0 Å². The topological polar surface area (TPSA) is 131 Å². The van der Waals surface area contributed by atoms with Crippen LogP contribution in [0.1, 0.15) is 19.7 Å². The number of aromatic amines is 1. The van der Waals surface area contributed by atoms with Gasteiger partial charge in [-0.25, -0.2) is 17.8 Å². The predicted molar refractivity (Wildman–Crippen MR) is 72.8 cm³/mol. The first-order chi connectivity index (χ1) is 10.1. The highest BCUT2D eigenvalue weighted by Crippen LogP contribution is 2.23. The van der Waals surface area contributed by atoms with Gasteiger partial charge in [-0.05, 0) is 19.9 Å². The van der Waals surface area contributed by atoms with E-state index in [2.05, 4.69) is 19.9 Å². The minimum Gasteiger partial charge on any atom is -0.262 e. The molecule has 0 bridgehead atoms. The van der Waals surface area contributed by atoms with Gasteiger partial charge < -0.3 is 0 Å². The molecule has 1 aromatic carbocycles.